The quantitative estimate of drug-likeness (QED) is 0.758. The molecule has 1 N–H and O–H groups in total. The van der Waals surface area contributed by atoms with E-state index in [-0.39, 0.29) is 6.61 Å². The lowest BCUT2D eigenvalue weighted by atomic mass is 9.97. The van der Waals surface area contributed by atoms with Crippen molar-refractivity contribution in [1.29, 1.82) is 0 Å². The van der Waals surface area contributed by atoms with Crippen molar-refractivity contribution in [2.75, 3.05) is 13.1 Å². The number of rotatable bonds is 5. The number of benzene rings is 1. The molecule has 1 aliphatic rings. The van der Waals surface area contributed by atoms with Gasteiger partial charge in [-0.3, -0.25) is 4.90 Å². The minimum Gasteiger partial charge on any atom is -0.388 e. The van der Waals surface area contributed by atoms with Gasteiger partial charge >= 0.3 is 0 Å². The van der Waals surface area contributed by atoms with Crippen LogP contribution in [0.15, 0.2) is 40.9 Å². The molecule has 0 spiro atoms. The first-order valence-electron chi connectivity index (χ1n) is 8.97. The van der Waals surface area contributed by atoms with E-state index in [9.17, 15) is 5.11 Å². The first-order chi connectivity index (χ1) is 12.7. The standard InChI is InChI=1S/C19H23N5O2/c1-23-18(13-25)20-21-19(23)15-8-5-9-24(11-15)12-16-10-17(22-26-16)14-6-3-2-4-7-14/h2-4,6-7,10,15,25H,5,8-9,11-13H2,1H3/t15-/m0/s1. The average Bonchev–Trinajstić information content (AvgIpc) is 3.29. The molecule has 0 bridgehead atoms. The second kappa shape index (κ2) is 7.39. The van der Waals surface area contributed by atoms with Gasteiger partial charge < -0.3 is 14.2 Å². The zero-order valence-corrected chi connectivity index (χ0v) is 14.9. The van der Waals surface area contributed by atoms with E-state index >= 15 is 0 Å². The smallest absolute Gasteiger partial charge is 0.158 e. The van der Waals surface area contributed by atoms with Gasteiger partial charge in [0.2, 0.25) is 0 Å². The van der Waals surface area contributed by atoms with Gasteiger partial charge in [-0.2, -0.15) is 0 Å². The molecule has 7 nitrogen and oxygen atoms in total. The molecule has 0 saturated carbocycles. The molecule has 0 unspecified atom stereocenters. The third-order valence-corrected chi connectivity index (χ3v) is 5.02. The van der Waals surface area contributed by atoms with Crippen LogP contribution < -0.4 is 0 Å². The molecule has 0 radical (unpaired) electrons. The molecule has 26 heavy (non-hydrogen) atoms. The molecule has 4 rings (SSSR count). The van der Waals surface area contributed by atoms with Gasteiger partial charge in [0.1, 0.15) is 18.1 Å². The normalized spacial score (nSPS) is 18.3. The Kier molecular flexibility index (Phi) is 4.81. The van der Waals surface area contributed by atoms with E-state index in [4.69, 9.17) is 4.52 Å². The first-order valence-corrected chi connectivity index (χ1v) is 8.97. The molecule has 0 aliphatic carbocycles. The molecular weight excluding hydrogens is 330 g/mol. The third-order valence-electron chi connectivity index (χ3n) is 5.02. The fourth-order valence-electron chi connectivity index (χ4n) is 3.63. The molecule has 0 amide bonds. The van der Waals surface area contributed by atoms with E-state index in [1.807, 2.05) is 48.0 Å². The van der Waals surface area contributed by atoms with Gasteiger partial charge in [0.25, 0.3) is 0 Å². The Hall–Kier alpha value is -2.51. The van der Waals surface area contributed by atoms with Crippen molar-refractivity contribution in [3.63, 3.8) is 0 Å². The molecule has 7 heteroatoms. The average molecular weight is 353 g/mol. The van der Waals surface area contributed by atoms with E-state index in [1.54, 1.807) is 0 Å². The second-order valence-electron chi connectivity index (χ2n) is 6.81. The summed E-state index contributed by atoms with van der Waals surface area (Å²) in [5.41, 5.74) is 1.93. The summed E-state index contributed by atoms with van der Waals surface area (Å²) in [5, 5.41) is 21.9. The summed E-state index contributed by atoms with van der Waals surface area (Å²) in [4.78, 5) is 2.37. The van der Waals surface area contributed by atoms with Crippen molar-refractivity contribution < 1.29 is 9.63 Å². The Morgan fingerprint density at radius 3 is 2.85 bits per heavy atom. The number of aliphatic hydroxyl groups excluding tert-OH is 1. The number of aromatic nitrogens is 4. The minimum absolute atomic E-state index is 0.0831. The van der Waals surface area contributed by atoms with Crippen LogP contribution in [0.4, 0.5) is 0 Å². The Labute approximate surface area is 152 Å². The van der Waals surface area contributed by atoms with Crippen LogP contribution in [0.3, 0.4) is 0 Å². The summed E-state index contributed by atoms with van der Waals surface area (Å²) in [6, 6.07) is 12.1. The van der Waals surface area contributed by atoms with Crippen LogP contribution in [-0.4, -0.2) is 43.0 Å². The van der Waals surface area contributed by atoms with Crippen LogP contribution in [0.25, 0.3) is 11.3 Å². The Morgan fingerprint density at radius 2 is 2.08 bits per heavy atom. The number of hydrogen-bond acceptors (Lipinski definition) is 6. The van der Waals surface area contributed by atoms with Gasteiger partial charge in [0.15, 0.2) is 11.6 Å². The highest BCUT2D eigenvalue weighted by atomic mass is 16.5. The van der Waals surface area contributed by atoms with Gasteiger partial charge in [0.05, 0.1) is 6.54 Å². The van der Waals surface area contributed by atoms with Gasteiger partial charge in [-0.05, 0) is 19.4 Å². The van der Waals surface area contributed by atoms with E-state index in [0.717, 1.165) is 55.3 Å². The summed E-state index contributed by atoms with van der Waals surface area (Å²) < 4.78 is 7.46. The van der Waals surface area contributed by atoms with Crippen LogP contribution in [0, 0.1) is 0 Å². The largest absolute Gasteiger partial charge is 0.388 e. The molecule has 1 saturated heterocycles. The second-order valence-corrected chi connectivity index (χ2v) is 6.81. The highest BCUT2D eigenvalue weighted by molar-refractivity contribution is 5.58. The molecule has 1 atom stereocenters. The van der Waals surface area contributed by atoms with Crippen LogP contribution in [0.1, 0.15) is 36.2 Å². The molecule has 1 aliphatic heterocycles. The maximum atomic E-state index is 9.32. The molecule has 2 aromatic heterocycles. The number of hydrogen-bond donors (Lipinski definition) is 1. The lowest BCUT2D eigenvalue weighted by Gasteiger charge is -2.31. The Morgan fingerprint density at radius 1 is 1.23 bits per heavy atom. The summed E-state index contributed by atoms with van der Waals surface area (Å²) >= 11 is 0. The van der Waals surface area contributed by atoms with Gasteiger partial charge in [-0.25, -0.2) is 0 Å². The summed E-state index contributed by atoms with van der Waals surface area (Å²) in [6.07, 6.45) is 2.19. The van der Waals surface area contributed by atoms with Crippen LogP contribution in [-0.2, 0) is 20.2 Å². The first kappa shape index (κ1) is 16.9. The highest BCUT2D eigenvalue weighted by Gasteiger charge is 2.26. The predicted molar refractivity (Wildman–Crippen MR) is 96.1 cm³/mol. The molecule has 3 aromatic rings. The fraction of sp³-hybridized carbons (Fsp3) is 0.421. The predicted octanol–water partition coefficient (Wildman–Crippen LogP) is 2.34. The van der Waals surface area contributed by atoms with Crippen molar-refractivity contribution in [2.45, 2.75) is 31.9 Å². The monoisotopic (exact) mass is 353 g/mol. The maximum absolute atomic E-state index is 9.32. The third kappa shape index (κ3) is 3.40. The Bertz CT molecular complexity index is 858. The van der Waals surface area contributed by atoms with E-state index in [0.29, 0.717) is 11.7 Å². The van der Waals surface area contributed by atoms with Crippen molar-refractivity contribution in [3.8, 4) is 11.3 Å². The lowest BCUT2D eigenvalue weighted by molar-refractivity contribution is 0.176. The minimum atomic E-state index is -0.0831. The van der Waals surface area contributed by atoms with E-state index in [1.165, 1.54) is 0 Å². The van der Waals surface area contributed by atoms with Gasteiger partial charge in [-0.1, -0.05) is 35.5 Å². The molecule has 1 fully saturated rings. The topological polar surface area (TPSA) is 80.2 Å². The maximum Gasteiger partial charge on any atom is 0.158 e. The van der Waals surface area contributed by atoms with E-state index < -0.39 is 0 Å². The van der Waals surface area contributed by atoms with Gasteiger partial charge in [-0.15, -0.1) is 10.2 Å². The molecule has 136 valence electrons. The molecule has 3 heterocycles. The van der Waals surface area contributed by atoms with Crippen molar-refractivity contribution in [2.24, 2.45) is 7.05 Å². The van der Waals surface area contributed by atoms with Gasteiger partial charge in [0, 0.05) is 31.1 Å². The van der Waals surface area contributed by atoms with Crippen molar-refractivity contribution >= 4 is 0 Å². The van der Waals surface area contributed by atoms with Crippen molar-refractivity contribution in [1.82, 2.24) is 24.8 Å². The summed E-state index contributed by atoms with van der Waals surface area (Å²) in [6.45, 7) is 2.59. The number of nitrogens with zero attached hydrogens (tertiary/aromatic N) is 5. The fourth-order valence-corrected chi connectivity index (χ4v) is 3.63. The number of likely N-dealkylation sites (tertiary alicyclic amines) is 1. The van der Waals surface area contributed by atoms with Crippen LogP contribution in [0.5, 0.6) is 0 Å². The Balaban J connectivity index is 1.44. The highest BCUT2D eigenvalue weighted by Crippen LogP contribution is 2.27. The zero-order chi connectivity index (χ0) is 17.9. The van der Waals surface area contributed by atoms with E-state index in [2.05, 4.69) is 20.3 Å². The number of piperidine rings is 1. The van der Waals surface area contributed by atoms with Crippen LogP contribution >= 0.6 is 0 Å². The summed E-state index contributed by atoms with van der Waals surface area (Å²) in [5.74, 6) is 2.75. The SMILES string of the molecule is Cn1c(CO)nnc1[C@H]1CCCN(Cc2cc(-c3ccccc3)no2)C1. The zero-order valence-electron chi connectivity index (χ0n) is 14.9. The lowest BCUT2D eigenvalue weighted by Crippen LogP contribution is -2.34. The molecule has 1 aromatic carbocycles. The van der Waals surface area contributed by atoms with Crippen LogP contribution in [0.2, 0.25) is 0 Å². The van der Waals surface area contributed by atoms with Crippen molar-refractivity contribution in [3.05, 3.63) is 53.8 Å². The summed E-state index contributed by atoms with van der Waals surface area (Å²) in [7, 11) is 1.92. The molecular formula is C19H23N5O2. The number of aliphatic hydroxyl groups is 1.